The molecule has 1 aliphatic heterocycles. The third-order valence-electron chi connectivity index (χ3n) is 2.85. The van der Waals surface area contributed by atoms with E-state index in [1.54, 1.807) is 0 Å². The van der Waals surface area contributed by atoms with Crippen LogP contribution in [0.25, 0.3) is 0 Å². The topological polar surface area (TPSA) is 60.2 Å². The van der Waals surface area contributed by atoms with Crippen LogP contribution in [-0.4, -0.2) is 20.2 Å². The van der Waals surface area contributed by atoms with Gasteiger partial charge in [0.15, 0.2) is 9.84 Å². The molecule has 1 aromatic rings. The van der Waals surface area contributed by atoms with E-state index in [4.69, 9.17) is 5.73 Å². The quantitative estimate of drug-likeness (QED) is 0.834. The third-order valence-corrected chi connectivity index (χ3v) is 5.08. The van der Waals surface area contributed by atoms with Crippen LogP contribution in [0.15, 0.2) is 23.1 Å². The highest BCUT2D eigenvalue weighted by Gasteiger charge is 2.39. The molecule has 0 spiro atoms. The maximum Gasteiger partial charge on any atom is 0.416 e. The number of rotatable bonds is 1. The average molecular weight is 265 g/mol. The standard InChI is InChI=1S/C10H10F3NO2S/c11-10(12,13)7-2-1-6-3-8(5-14)17(15,16)9(6)4-7/h1-2,4,8H,3,5,14H2. The molecular formula is C10H10F3NO2S. The van der Waals surface area contributed by atoms with Gasteiger partial charge < -0.3 is 5.73 Å². The van der Waals surface area contributed by atoms with Crippen LogP contribution in [0.3, 0.4) is 0 Å². The molecule has 1 heterocycles. The highest BCUT2D eigenvalue weighted by Crippen LogP contribution is 2.36. The molecule has 1 unspecified atom stereocenters. The van der Waals surface area contributed by atoms with E-state index in [9.17, 15) is 21.6 Å². The lowest BCUT2D eigenvalue weighted by Gasteiger charge is -2.08. The van der Waals surface area contributed by atoms with Gasteiger partial charge in [-0.3, -0.25) is 0 Å². The van der Waals surface area contributed by atoms with Crippen molar-refractivity contribution in [2.75, 3.05) is 6.54 Å². The van der Waals surface area contributed by atoms with E-state index in [1.807, 2.05) is 0 Å². The Balaban J connectivity index is 2.57. The summed E-state index contributed by atoms with van der Waals surface area (Å²) < 4.78 is 61.1. The smallest absolute Gasteiger partial charge is 0.329 e. The van der Waals surface area contributed by atoms with Gasteiger partial charge in [-0.2, -0.15) is 13.2 Å². The fourth-order valence-corrected chi connectivity index (χ4v) is 3.73. The number of alkyl halides is 3. The van der Waals surface area contributed by atoms with Gasteiger partial charge in [-0.1, -0.05) is 6.07 Å². The van der Waals surface area contributed by atoms with Crippen molar-refractivity contribution in [3.05, 3.63) is 29.3 Å². The highest BCUT2D eigenvalue weighted by atomic mass is 32.2. The summed E-state index contributed by atoms with van der Waals surface area (Å²) in [4.78, 5) is -0.234. The predicted octanol–water partition coefficient (Wildman–Crippen LogP) is 1.36. The number of halogens is 3. The third kappa shape index (κ3) is 1.93. The Labute approximate surface area is 96.3 Å². The first-order valence-corrected chi connectivity index (χ1v) is 6.45. The first-order chi connectivity index (χ1) is 7.76. The van der Waals surface area contributed by atoms with Gasteiger partial charge in [0.2, 0.25) is 0 Å². The Kier molecular flexibility index (Phi) is 2.70. The molecule has 1 aliphatic rings. The van der Waals surface area contributed by atoms with Crippen LogP contribution in [0.2, 0.25) is 0 Å². The summed E-state index contributed by atoms with van der Waals surface area (Å²) in [7, 11) is -3.70. The van der Waals surface area contributed by atoms with Crippen LogP contribution >= 0.6 is 0 Å². The minimum absolute atomic E-state index is 0.0850. The molecule has 1 atom stereocenters. The second-order valence-corrected chi connectivity index (χ2v) is 6.12. The summed E-state index contributed by atoms with van der Waals surface area (Å²) in [6.07, 6.45) is -4.35. The Bertz CT molecular complexity index is 551. The fraction of sp³-hybridized carbons (Fsp3) is 0.400. The molecule has 2 N–H and O–H groups in total. The van der Waals surface area contributed by atoms with Crippen molar-refractivity contribution >= 4 is 9.84 Å². The van der Waals surface area contributed by atoms with Gasteiger partial charge in [0.25, 0.3) is 0 Å². The van der Waals surface area contributed by atoms with E-state index in [0.717, 1.165) is 6.07 Å². The Morgan fingerprint density at radius 3 is 2.53 bits per heavy atom. The van der Waals surface area contributed by atoms with E-state index < -0.39 is 26.8 Å². The van der Waals surface area contributed by atoms with Gasteiger partial charge in [-0.05, 0) is 24.1 Å². The van der Waals surface area contributed by atoms with Crippen molar-refractivity contribution in [1.29, 1.82) is 0 Å². The van der Waals surface area contributed by atoms with Gasteiger partial charge in [0.05, 0.1) is 15.7 Å². The molecule has 0 bridgehead atoms. The highest BCUT2D eigenvalue weighted by molar-refractivity contribution is 7.92. The molecule has 17 heavy (non-hydrogen) atoms. The van der Waals surface area contributed by atoms with Crippen molar-refractivity contribution in [3.8, 4) is 0 Å². The summed E-state index contributed by atoms with van der Waals surface area (Å²) >= 11 is 0. The molecule has 7 heteroatoms. The molecule has 0 aliphatic carbocycles. The number of hydrogen-bond donors (Lipinski definition) is 1. The predicted molar refractivity (Wildman–Crippen MR) is 55.2 cm³/mol. The monoisotopic (exact) mass is 265 g/mol. The van der Waals surface area contributed by atoms with Crippen LogP contribution in [0.4, 0.5) is 13.2 Å². The maximum absolute atomic E-state index is 12.5. The van der Waals surface area contributed by atoms with Gasteiger partial charge >= 0.3 is 6.18 Å². The second-order valence-electron chi connectivity index (χ2n) is 3.93. The van der Waals surface area contributed by atoms with Gasteiger partial charge in [-0.25, -0.2) is 8.42 Å². The maximum atomic E-state index is 12.5. The minimum Gasteiger partial charge on any atom is -0.329 e. The number of benzene rings is 1. The molecule has 1 aromatic carbocycles. The first-order valence-electron chi connectivity index (χ1n) is 4.91. The number of nitrogens with two attached hydrogens (primary N) is 1. The number of fused-ring (bicyclic) bond motifs is 1. The molecule has 0 radical (unpaired) electrons. The molecular weight excluding hydrogens is 255 g/mol. The molecule has 0 amide bonds. The van der Waals surface area contributed by atoms with Gasteiger partial charge in [-0.15, -0.1) is 0 Å². The number of hydrogen-bond acceptors (Lipinski definition) is 3. The van der Waals surface area contributed by atoms with E-state index in [1.165, 1.54) is 6.07 Å². The first kappa shape index (κ1) is 12.4. The van der Waals surface area contributed by atoms with E-state index >= 15 is 0 Å². The van der Waals surface area contributed by atoms with Crippen LogP contribution < -0.4 is 5.73 Å². The van der Waals surface area contributed by atoms with Gasteiger partial charge in [0.1, 0.15) is 0 Å². The molecule has 3 nitrogen and oxygen atoms in total. The molecule has 94 valence electrons. The zero-order valence-corrected chi connectivity index (χ0v) is 9.48. The van der Waals surface area contributed by atoms with Crippen molar-refractivity contribution in [3.63, 3.8) is 0 Å². The van der Waals surface area contributed by atoms with Crippen LogP contribution in [0.1, 0.15) is 11.1 Å². The molecule has 0 aromatic heterocycles. The van der Waals surface area contributed by atoms with Crippen LogP contribution in [-0.2, 0) is 22.4 Å². The Morgan fingerprint density at radius 2 is 2.00 bits per heavy atom. The number of sulfone groups is 1. The zero-order chi connectivity index (χ0) is 12.8. The SMILES string of the molecule is NCC1Cc2ccc(C(F)(F)F)cc2S1(=O)=O. The molecule has 0 fully saturated rings. The van der Waals surface area contributed by atoms with Crippen LogP contribution in [0, 0.1) is 0 Å². The summed E-state index contributed by atoms with van der Waals surface area (Å²) in [6.45, 7) is -0.0850. The normalized spacial score (nSPS) is 22.5. The summed E-state index contributed by atoms with van der Waals surface area (Å²) in [5, 5.41) is -0.805. The lowest BCUT2D eigenvalue weighted by atomic mass is 10.1. The molecule has 0 saturated heterocycles. The minimum atomic E-state index is -4.54. The van der Waals surface area contributed by atoms with Crippen molar-refractivity contribution in [1.82, 2.24) is 0 Å². The average Bonchev–Trinajstić information content (AvgIpc) is 2.48. The van der Waals surface area contributed by atoms with E-state index in [0.29, 0.717) is 11.6 Å². The van der Waals surface area contributed by atoms with E-state index in [-0.39, 0.29) is 17.9 Å². The fourth-order valence-electron chi connectivity index (χ4n) is 1.91. The van der Waals surface area contributed by atoms with Gasteiger partial charge in [0, 0.05) is 6.54 Å². The largest absolute Gasteiger partial charge is 0.416 e. The van der Waals surface area contributed by atoms with E-state index in [2.05, 4.69) is 0 Å². The summed E-state index contributed by atoms with van der Waals surface area (Å²) in [6, 6.07) is 2.80. The Morgan fingerprint density at radius 1 is 1.35 bits per heavy atom. The second kappa shape index (κ2) is 3.71. The summed E-state index contributed by atoms with van der Waals surface area (Å²) in [5.41, 5.74) is 4.78. The lowest BCUT2D eigenvalue weighted by Crippen LogP contribution is -2.26. The van der Waals surface area contributed by atoms with Crippen LogP contribution in [0.5, 0.6) is 0 Å². The lowest BCUT2D eigenvalue weighted by molar-refractivity contribution is -0.137. The Hall–Kier alpha value is -1.08. The molecule has 2 rings (SSSR count). The molecule has 0 saturated carbocycles. The van der Waals surface area contributed by atoms with Crippen molar-refractivity contribution in [2.24, 2.45) is 5.73 Å². The summed E-state index contributed by atoms with van der Waals surface area (Å²) in [5.74, 6) is 0. The van der Waals surface area contributed by atoms with Crippen molar-refractivity contribution in [2.45, 2.75) is 22.7 Å². The zero-order valence-electron chi connectivity index (χ0n) is 8.66. The van der Waals surface area contributed by atoms with Crippen molar-refractivity contribution < 1.29 is 21.6 Å².